The molecule has 0 unspecified atom stereocenters. The van der Waals surface area contributed by atoms with Crippen molar-refractivity contribution in [2.75, 3.05) is 0 Å². The topological polar surface area (TPSA) is 54.4 Å². The van der Waals surface area contributed by atoms with Gasteiger partial charge in [-0.3, -0.25) is 4.79 Å². The quantitative estimate of drug-likeness (QED) is 0.267. The summed E-state index contributed by atoms with van der Waals surface area (Å²) in [5.41, 5.74) is 7.68. The molecule has 4 rings (SSSR count). The van der Waals surface area contributed by atoms with Crippen molar-refractivity contribution in [2.45, 2.75) is 26.7 Å². The van der Waals surface area contributed by atoms with Gasteiger partial charge in [0.05, 0.1) is 31.7 Å². The molecule has 0 radical (unpaired) electrons. The van der Waals surface area contributed by atoms with Gasteiger partial charge in [-0.2, -0.15) is 5.10 Å². The average molecular weight is 448 g/mol. The summed E-state index contributed by atoms with van der Waals surface area (Å²) >= 11 is 7.42. The molecule has 0 aliphatic heterocycles. The molecule has 2 heterocycles. The zero-order valence-electron chi connectivity index (χ0n) is 17.5. The van der Waals surface area contributed by atoms with Gasteiger partial charge in [0.25, 0.3) is 5.91 Å². The standard InChI is InChI=1S/C25H22ClN3OS/c1-15(2)17-8-10-18(11-9-17)22-14-20(19-6-4-5-7-21(19)27-22)25(30)29-28-16(3)23-12-13-24(26)31-23/h4-15H,1-3H3,(H,29,30)/b28-16-. The number of pyridine rings is 1. The molecule has 4 aromatic rings. The van der Waals surface area contributed by atoms with Crippen LogP contribution in [-0.4, -0.2) is 16.6 Å². The minimum Gasteiger partial charge on any atom is -0.267 e. The Bertz CT molecular complexity index is 1280. The number of rotatable bonds is 5. The van der Waals surface area contributed by atoms with E-state index in [1.165, 1.54) is 16.9 Å². The molecular formula is C25H22ClN3OS. The number of amides is 1. The zero-order chi connectivity index (χ0) is 22.0. The fourth-order valence-electron chi connectivity index (χ4n) is 3.31. The van der Waals surface area contributed by atoms with Gasteiger partial charge >= 0.3 is 0 Å². The highest BCUT2D eigenvalue weighted by Crippen LogP contribution is 2.27. The van der Waals surface area contributed by atoms with Crippen molar-refractivity contribution in [3.8, 4) is 11.3 Å². The SMILES string of the molecule is C/C(=N/NC(=O)c1cc(-c2ccc(C(C)C)cc2)nc2ccccc12)c1ccc(Cl)s1. The lowest BCUT2D eigenvalue weighted by molar-refractivity contribution is 0.0956. The monoisotopic (exact) mass is 447 g/mol. The van der Waals surface area contributed by atoms with E-state index in [1.807, 2.05) is 49.4 Å². The molecule has 156 valence electrons. The first-order chi connectivity index (χ1) is 14.9. The molecule has 0 aliphatic carbocycles. The molecule has 0 fully saturated rings. The van der Waals surface area contributed by atoms with Gasteiger partial charge in [-0.25, -0.2) is 10.4 Å². The van der Waals surface area contributed by atoms with Crippen molar-refractivity contribution in [1.82, 2.24) is 10.4 Å². The van der Waals surface area contributed by atoms with Crippen LogP contribution < -0.4 is 5.43 Å². The number of fused-ring (bicyclic) bond motifs is 1. The van der Waals surface area contributed by atoms with Crippen molar-refractivity contribution >= 4 is 45.5 Å². The predicted octanol–water partition coefficient (Wildman–Crippen LogP) is 6.89. The van der Waals surface area contributed by atoms with Crippen molar-refractivity contribution < 1.29 is 4.79 Å². The molecule has 1 N–H and O–H groups in total. The Morgan fingerprint density at radius 3 is 2.48 bits per heavy atom. The van der Waals surface area contributed by atoms with Gasteiger partial charge in [-0.1, -0.05) is 67.9 Å². The van der Waals surface area contributed by atoms with Crippen LogP contribution in [-0.2, 0) is 0 Å². The van der Waals surface area contributed by atoms with Crippen LogP contribution in [0, 0.1) is 0 Å². The Labute approximate surface area is 190 Å². The van der Waals surface area contributed by atoms with Crippen LogP contribution >= 0.6 is 22.9 Å². The summed E-state index contributed by atoms with van der Waals surface area (Å²) in [7, 11) is 0. The number of aromatic nitrogens is 1. The van der Waals surface area contributed by atoms with Gasteiger partial charge in [0.15, 0.2) is 0 Å². The minimum absolute atomic E-state index is 0.277. The number of halogens is 1. The molecule has 1 amide bonds. The third-order valence-corrected chi connectivity index (χ3v) is 6.43. The van der Waals surface area contributed by atoms with Crippen LogP contribution in [0.4, 0.5) is 0 Å². The van der Waals surface area contributed by atoms with Gasteiger partial charge in [-0.15, -0.1) is 11.3 Å². The number of nitrogens with one attached hydrogen (secondary N) is 1. The molecule has 2 aromatic heterocycles. The van der Waals surface area contributed by atoms with E-state index in [-0.39, 0.29) is 5.91 Å². The summed E-state index contributed by atoms with van der Waals surface area (Å²) in [6.07, 6.45) is 0. The summed E-state index contributed by atoms with van der Waals surface area (Å²) in [5.74, 6) is 0.180. The van der Waals surface area contributed by atoms with Crippen LogP contribution in [0.2, 0.25) is 4.34 Å². The largest absolute Gasteiger partial charge is 0.272 e. The van der Waals surface area contributed by atoms with E-state index >= 15 is 0 Å². The fraction of sp³-hybridized carbons (Fsp3) is 0.160. The van der Waals surface area contributed by atoms with Gasteiger partial charge in [-0.05, 0) is 42.7 Å². The first-order valence-electron chi connectivity index (χ1n) is 10.0. The maximum absolute atomic E-state index is 13.1. The van der Waals surface area contributed by atoms with E-state index in [0.29, 0.717) is 21.5 Å². The third kappa shape index (κ3) is 4.68. The second kappa shape index (κ2) is 9.00. The van der Waals surface area contributed by atoms with Crippen molar-refractivity contribution in [1.29, 1.82) is 0 Å². The van der Waals surface area contributed by atoms with E-state index in [4.69, 9.17) is 16.6 Å². The van der Waals surface area contributed by atoms with Crippen LogP contribution in [0.3, 0.4) is 0 Å². The molecule has 0 bridgehead atoms. The predicted molar refractivity (Wildman–Crippen MR) is 130 cm³/mol. The number of thiophene rings is 1. The Hall–Kier alpha value is -3.02. The lowest BCUT2D eigenvalue weighted by Gasteiger charge is -2.10. The number of nitrogens with zero attached hydrogens (tertiary/aromatic N) is 2. The lowest BCUT2D eigenvalue weighted by atomic mass is 9.99. The smallest absolute Gasteiger partial charge is 0.267 e. The number of hydrogen-bond acceptors (Lipinski definition) is 4. The number of para-hydroxylation sites is 1. The second-order valence-corrected chi connectivity index (χ2v) is 9.31. The highest BCUT2D eigenvalue weighted by atomic mass is 35.5. The van der Waals surface area contributed by atoms with E-state index in [0.717, 1.165) is 27.0 Å². The Morgan fingerprint density at radius 1 is 1.06 bits per heavy atom. The summed E-state index contributed by atoms with van der Waals surface area (Å²) in [5, 5.41) is 5.06. The number of benzene rings is 2. The summed E-state index contributed by atoms with van der Waals surface area (Å²) in [4.78, 5) is 18.8. The molecule has 4 nitrogen and oxygen atoms in total. The highest BCUT2D eigenvalue weighted by Gasteiger charge is 2.14. The van der Waals surface area contributed by atoms with Crippen LogP contribution in [0.5, 0.6) is 0 Å². The summed E-state index contributed by atoms with van der Waals surface area (Å²) in [6.45, 7) is 6.17. The third-order valence-electron chi connectivity index (χ3n) is 5.09. The maximum Gasteiger partial charge on any atom is 0.272 e. The number of carbonyl (C=O) groups is 1. The van der Waals surface area contributed by atoms with Crippen molar-refractivity contribution in [3.05, 3.63) is 87.1 Å². The van der Waals surface area contributed by atoms with Gasteiger partial charge in [0, 0.05) is 10.9 Å². The second-order valence-electron chi connectivity index (χ2n) is 7.59. The summed E-state index contributed by atoms with van der Waals surface area (Å²) < 4.78 is 0.684. The van der Waals surface area contributed by atoms with E-state index in [9.17, 15) is 4.79 Å². The number of hydrogen-bond donors (Lipinski definition) is 1. The molecular weight excluding hydrogens is 426 g/mol. The lowest BCUT2D eigenvalue weighted by Crippen LogP contribution is -2.19. The molecule has 0 atom stereocenters. The Kier molecular flexibility index (Phi) is 6.16. The van der Waals surface area contributed by atoms with E-state index in [1.54, 1.807) is 0 Å². The molecule has 2 aromatic carbocycles. The van der Waals surface area contributed by atoms with Gasteiger partial charge < -0.3 is 0 Å². The van der Waals surface area contributed by atoms with Gasteiger partial charge in [0.1, 0.15) is 0 Å². The summed E-state index contributed by atoms with van der Waals surface area (Å²) in [6, 6.07) is 21.5. The van der Waals surface area contributed by atoms with Gasteiger partial charge in [0.2, 0.25) is 0 Å². The normalized spacial score (nSPS) is 11.8. The first kappa shape index (κ1) is 21.2. The Balaban J connectivity index is 1.70. The molecule has 31 heavy (non-hydrogen) atoms. The Morgan fingerprint density at radius 2 is 1.81 bits per heavy atom. The fourth-order valence-corrected chi connectivity index (χ4v) is 4.30. The first-order valence-corrected chi connectivity index (χ1v) is 11.2. The van der Waals surface area contributed by atoms with E-state index in [2.05, 4.69) is 48.6 Å². The average Bonchev–Trinajstić information content (AvgIpc) is 3.23. The van der Waals surface area contributed by atoms with Crippen LogP contribution in [0.15, 0.2) is 71.8 Å². The molecule has 6 heteroatoms. The highest BCUT2D eigenvalue weighted by molar-refractivity contribution is 7.18. The van der Waals surface area contributed by atoms with Crippen molar-refractivity contribution in [2.24, 2.45) is 5.10 Å². The zero-order valence-corrected chi connectivity index (χ0v) is 19.1. The molecule has 0 saturated carbocycles. The van der Waals surface area contributed by atoms with Crippen LogP contribution in [0.25, 0.3) is 22.2 Å². The molecule has 0 aliphatic rings. The molecule has 0 spiro atoms. The van der Waals surface area contributed by atoms with Crippen LogP contribution in [0.1, 0.15) is 47.5 Å². The van der Waals surface area contributed by atoms with Crippen molar-refractivity contribution in [3.63, 3.8) is 0 Å². The number of hydrazone groups is 1. The number of carbonyl (C=O) groups excluding carboxylic acids is 1. The van der Waals surface area contributed by atoms with E-state index < -0.39 is 0 Å². The minimum atomic E-state index is -0.277. The maximum atomic E-state index is 13.1. The molecule has 0 saturated heterocycles.